The molecule has 0 saturated heterocycles. The quantitative estimate of drug-likeness (QED) is 0.780. The maximum Gasteiger partial charge on any atom is 0.338 e. The highest BCUT2D eigenvalue weighted by Crippen LogP contribution is 2.23. The van der Waals surface area contributed by atoms with E-state index in [-0.39, 0.29) is 12.1 Å². The van der Waals surface area contributed by atoms with Crippen LogP contribution in [-0.4, -0.2) is 25.2 Å². The second-order valence-corrected chi connectivity index (χ2v) is 4.00. The number of pyridine rings is 1. The van der Waals surface area contributed by atoms with Gasteiger partial charge in [-0.2, -0.15) is 0 Å². The molecule has 0 amide bonds. The van der Waals surface area contributed by atoms with E-state index in [2.05, 4.69) is 4.98 Å². The SMILES string of the molecule is COC(=O)c1ccnc2ccc([C@H](C)OC)cc12. The van der Waals surface area contributed by atoms with Gasteiger partial charge in [0.2, 0.25) is 0 Å². The van der Waals surface area contributed by atoms with Crippen LogP contribution in [-0.2, 0) is 9.47 Å². The molecule has 0 saturated carbocycles. The molecule has 1 atom stereocenters. The predicted octanol–water partition coefficient (Wildman–Crippen LogP) is 2.73. The predicted molar refractivity (Wildman–Crippen MR) is 68.5 cm³/mol. The Hall–Kier alpha value is -1.94. The number of hydrogen-bond donors (Lipinski definition) is 0. The first-order valence-electron chi connectivity index (χ1n) is 5.67. The summed E-state index contributed by atoms with van der Waals surface area (Å²) in [6, 6.07) is 7.41. The molecule has 2 rings (SSSR count). The van der Waals surface area contributed by atoms with Crippen molar-refractivity contribution in [1.82, 2.24) is 4.98 Å². The zero-order valence-electron chi connectivity index (χ0n) is 10.6. The monoisotopic (exact) mass is 245 g/mol. The highest BCUT2D eigenvalue weighted by molar-refractivity contribution is 6.03. The van der Waals surface area contributed by atoms with Crippen molar-refractivity contribution in [2.45, 2.75) is 13.0 Å². The Kier molecular flexibility index (Phi) is 3.58. The molecule has 2 aromatic rings. The van der Waals surface area contributed by atoms with Crippen LogP contribution in [0.2, 0.25) is 0 Å². The number of aromatic nitrogens is 1. The van der Waals surface area contributed by atoms with Crippen LogP contribution in [0.5, 0.6) is 0 Å². The molecule has 4 nitrogen and oxygen atoms in total. The highest BCUT2D eigenvalue weighted by Gasteiger charge is 2.12. The van der Waals surface area contributed by atoms with Gasteiger partial charge in [-0.1, -0.05) is 6.07 Å². The summed E-state index contributed by atoms with van der Waals surface area (Å²) in [5.41, 5.74) is 2.29. The zero-order chi connectivity index (χ0) is 13.1. The fourth-order valence-corrected chi connectivity index (χ4v) is 1.84. The second kappa shape index (κ2) is 5.14. The minimum Gasteiger partial charge on any atom is -0.465 e. The van der Waals surface area contributed by atoms with E-state index < -0.39 is 0 Å². The maximum absolute atomic E-state index is 11.7. The van der Waals surface area contributed by atoms with E-state index in [0.717, 1.165) is 16.5 Å². The van der Waals surface area contributed by atoms with Crippen LogP contribution < -0.4 is 0 Å². The van der Waals surface area contributed by atoms with E-state index in [1.54, 1.807) is 19.4 Å². The molecule has 1 aromatic heterocycles. The molecule has 0 aliphatic carbocycles. The summed E-state index contributed by atoms with van der Waals surface area (Å²) in [5, 5.41) is 0.783. The van der Waals surface area contributed by atoms with Crippen molar-refractivity contribution in [3.63, 3.8) is 0 Å². The van der Waals surface area contributed by atoms with Gasteiger partial charge >= 0.3 is 5.97 Å². The van der Waals surface area contributed by atoms with Crippen molar-refractivity contribution >= 4 is 16.9 Å². The van der Waals surface area contributed by atoms with E-state index >= 15 is 0 Å². The Balaban J connectivity index is 2.62. The Bertz CT molecular complexity index is 580. The van der Waals surface area contributed by atoms with Gasteiger partial charge < -0.3 is 9.47 Å². The summed E-state index contributed by atoms with van der Waals surface area (Å²) >= 11 is 0. The molecular weight excluding hydrogens is 230 g/mol. The highest BCUT2D eigenvalue weighted by atomic mass is 16.5. The summed E-state index contributed by atoms with van der Waals surface area (Å²) in [6.45, 7) is 1.95. The summed E-state index contributed by atoms with van der Waals surface area (Å²) in [5.74, 6) is -0.357. The van der Waals surface area contributed by atoms with E-state index in [1.165, 1.54) is 7.11 Å². The largest absolute Gasteiger partial charge is 0.465 e. The molecule has 0 aliphatic heterocycles. The van der Waals surface area contributed by atoms with Gasteiger partial charge in [-0.05, 0) is 30.7 Å². The van der Waals surface area contributed by atoms with Crippen LogP contribution in [0.4, 0.5) is 0 Å². The van der Waals surface area contributed by atoms with Gasteiger partial charge in [0.05, 0.1) is 24.3 Å². The molecule has 0 spiro atoms. The number of rotatable bonds is 3. The van der Waals surface area contributed by atoms with Crippen molar-refractivity contribution in [3.8, 4) is 0 Å². The van der Waals surface area contributed by atoms with Gasteiger partial charge in [-0.3, -0.25) is 4.98 Å². The molecule has 0 fully saturated rings. The lowest BCUT2D eigenvalue weighted by Gasteiger charge is -2.11. The minimum absolute atomic E-state index is 0.0277. The molecular formula is C14H15NO3. The number of nitrogens with zero attached hydrogens (tertiary/aromatic N) is 1. The lowest BCUT2D eigenvalue weighted by Crippen LogP contribution is -2.03. The third-order valence-electron chi connectivity index (χ3n) is 2.99. The molecule has 18 heavy (non-hydrogen) atoms. The molecule has 0 N–H and O–H groups in total. The maximum atomic E-state index is 11.7. The Morgan fingerprint density at radius 1 is 1.28 bits per heavy atom. The number of fused-ring (bicyclic) bond motifs is 1. The Labute approximate surface area is 106 Å². The molecule has 0 aliphatic rings. The number of carbonyl (C=O) groups excluding carboxylic acids is 1. The van der Waals surface area contributed by atoms with Gasteiger partial charge in [0.1, 0.15) is 0 Å². The lowest BCUT2D eigenvalue weighted by atomic mass is 10.0. The van der Waals surface area contributed by atoms with E-state index in [1.807, 2.05) is 25.1 Å². The third kappa shape index (κ3) is 2.19. The van der Waals surface area contributed by atoms with Crippen molar-refractivity contribution in [1.29, 1.82) is 0 Å². The van der Waals surface area contributed by atoms with Crippen LogP contribution >= 0.6 is 0 Å². The summed E-state index contributed by atoms with van der Waals surface area (Å²) in [6.07, 6.45) is 1.58. The fourth-order valence-electron chi connectivity index (χ4n) is 1.84. The number of ether oxygens (including phenoxy) is 2. The number of methoxy groups -OCH3 is 2. The van der Waals surface area contributed by atoms with Gasteiger partial charge in [-0.25, -0.2) is 4.79 Å². The molecule has 0 bridgehead atoms. The number of benzene rings is 1. The van der Waals surface area contributed by atoms with Crippen molar-refractivity contribution in [3.05, 3.63) is 41.6 Å². The zero-order valence-corrected chi connectivity index (χ0v) is 10.6. The number of hydrogen-bond acceptors (Lipinski definition) is 4. The molecule has 1 heterocycles. The Morgan fingerprint density at radius 2 is 2.06 bits per heavy atom. The molecule has 0 unspecified atom stereocenters. The molecule has 4 heteroatoms. The molecule has 94 valence electrons. The van der Waals surface area contributed by atoms with Gasteiger partial charge in [0.15, 0.2) is 0 Å². The van der Waals surface area contributed by atoms with Crippen LogP contribution in [0.25, 0.3) is 10.9 Å². The van der Waals surface area contributed by atoms with Crippen molar-refractivity contribution in [2.24, 2.45) is 0 Å². The molecule has 0 radical (unpaired) electrons. The average molecular weight is 245 g/mol. The third-order valence-corrected chi connectivity index (χ3v) is 2.99. The standard InChI is InChI=1S/C14H15NO3/c1-9(17-2)10-4-5-13-12(8-10)11(6-7-15-13)14(16)18-3/h4-9H,1-3H3/t9-/m0/s1. The van der Waals surface area contributed by atoms with Crippen LogP contribution in [0, 0.1) is 0 Å². The number of carbonyl (C=O) groups is 1. The van der Waals surface area contributed by atoms with E-state index in [4.69, 9.17) is 9.47 Å². The van der Waals surface area contributed by atoms with E-state index in [0.29, 0.717) is 5.56 Å². The van der Waals surface area contributed by atoms with E-state index in [9.17, 15) is 4.79 Å². The first-order chi connectivity index (χ1) is 8.67. The topological polar surface area (TPSA) is 48.4 Å². The molecule has 1 aromatic carbocycles. The average Bonchev–Trinajstić information content (AvgIpc) is 2.44. The van der Waals surface area contributed by atoms with Crippen LogP contribution in [0.15, 0.2) is 30.5 Å². The Morgan fingerprint density at radius 3 is 2.72 bits per heavy atom. The van der Waals surface area contributed by atoms with Crippen LogP contribution in [0.1, 0.15) is 28.9 Å². The minimum atomic E-state index is -0.357. The van der Waals surface area contributed by atoms with Gasteiger partial charge in [-0.15, -0.1) is 0 Å². The normalized spacial score (nSPS) is 12.4. The first kappa shape index (κ1) is 12.5. The smallest absolute Gasteiger partial charge is 0.338 e. The van der Waals surface area contributed by atoms with Gasteiger partial charge in [0, 0.05) is 18.7 Å². The number of esters is 1. The summed E-state index contributed by atoms with van der Waals surface area (Å²) in [7, 11) is 3.02. The summed E-state index contributed by atoms with van der Waals surface area (Å²) in [4.78, 5) is 15.9. The van der Waals surface area contributed by atoms with Crippen molar-refractivity contribution < 1.29 is 14.3 Å². The second-order valence-electron chi connectivity index (χ2n) is 4.00. The van der Waals surface area contributed by atoms with Crippen LogP contribution in [0.3, 0.4) is 0 Å². The fraction of sp³-hybridized carbons (Fsp3) is 0.286. The lowest BCUT2D eigenvalue weighted by molar-refractivity contribution is 0.0603. The van der Waals surface area contributed by atoms with Crippen molar-refractivity contribution in [2.75, 3.05) is 14.2 Å². The van der Waals surface area contributed by atoms with Gasteiger partial charge in [0.25, 0.3) is 0 Å². The summed E-state index contributed by atoms with van der Waals surface area (Å²) < 4.78 is 10.0. The first-order valence-corrected chi connectivity index (χ1v) is 5.67.